The number of benzene rings is 2. The summed E-state index contributed by atoms with van der Waals surface area (Å²) in [5.41, 5.74) is 5.01. The van der Waals surface area contributed by atoms with E-state index in [9.17, 15) is 24.0 Å². The number of hydrogen-bond donors (Lipinski definition) is 1. The summed E-state index contributed by atoms with van der Waals surface area (Å²) in [6.45, 7) is 7.11. The van der Waals surface area contributed by atoms with Gasteiger partial charge in [-0.3, -0.25) is 39.1 Å². The largest absolute Gasteiger partial charge is 0.330 e. The lowest BCUT2D eigenvalue weighted by molar-refractivity contribution is -0.136. The lowest BCUT2D eigenvalue weighted by Crippen LogP contribution is -2.70. The zero-order valence-corrected chi connectivity index (χ0v) is 25.7. The number of carbonyl (C=O) groups excluding carboxylic acids is 5. The Kier molecular flexibility index (Phi) is 7.01. The number of rotatable bonds is 5. The van der Waals surface area contributed by atoms with E-state index in [0.29, 0.717) is 5.56 Å². The van der Waals surface area contributed by atoms with Crippen LogP contribution < -0.4 is 5.32 Å². The molecule has 4 saturated heterocycles. The molecule has 1 N–H and O–H groups in total. The molecular weight excluding hydrogens is 580 g/mol. The van der Waals surface area contributed by atoms with Gasteiger partial charge in [0.25, 0.3) is 17.7 Å². The van der Waals surface area contributed by atoms with Crippen molar-refractivity contribution in [3.05, 3.63) is 75.3 Å². The van der Waals surface area contributed by atoms with Gasteiger partial charge in [0.1, 0.15) is 6.04 Å². The zero-order valence-electron chi connectivity index (χ0n) is 24.9. The molecule has 6 aliphatic rings. The summed E-state index contributed by atoms with van der Waals surface area (Å²) >= 11 is 6.18. The normalized spacial score (nSPS) is 26.5. The van der Waals surface area contributed by atoms with E-state index in [1.54, 1.807) is 6.07 Å². The maximum Gasteiger partial charge on any atom is 0.262 e. The SMILES string of the molecule is CC1(C)CCC(CN2CC3CC(C2)N3C(=O)c2ccc3c(c2)C(=O)N(C2CCC(=O)NC2=O)C3=O)=C(c2ccc(Cl)cc2)C1. The zero-order chi connectivity index (χ0) is 30.9. The van der Waals surface area contributed by atoms with Gasteiger partial charge in [0.2, 0.25) is 11.8 Å². The lowest BCUT2D eigenvalue weighted by atomic mass is 9.72. The molecule has 2 aromatic rings. The maximum absolute atomic E-state index is 13.7. The number of halogens is 1. The first-order chi connectivity index (χ1) is 21.0. The molecule has 5 heterocycles. The first-order valence-corrected chi connectivity index (χ1v) is 15.7. The van der Waals surface area contributed by atoms with Crippen LogP contribution in [-0.2, 0) is 9.59 Å². The van der Waals surface area contributed by atoms with E-state index < -0.39 is 29.7 Å². The summed E-state index contributed by atoms with van der Waals surface area (Å²) < 4.78 is 0. The predicted molar refractivity (Wildman–Crippen MR) is 164 cm³/mol. The van der Waals surface area contributed by atoms with Gasteiger partial charge < -0.3 is 4.90 Å². The van der Waals surface area contributed by atoms with Crippen LogP contribution in [0.1, 0.15) is 89.0 Å². The number of allylic oxidation sites excluding steroid dienone is 1. The van der Waals surface area contributed by atoms with Gasteiger partial charge in [-0.15, -0.1) is 0 Å². The molecule has 3 atom stereocenters. The fourth-order valence-corrected chi connectivity index (χ4v) is 7.77. The summed E-state index contributed by atoms with van der Waals surface area (Å²) in [6, 6.07) is 11.9. The van der Waals surface area contributed by atoms with Gasteiger partial charge in [-0.1, -0.05) is 43.2 Å². The standard InChI is InChI=1S/C34H35ClN4O5/c1-34(2)12-11-21(27(15-34)19-3-6-22(35)7-4-19)16-37-17-23-14-24(18-37)38(23)31(42)20-5-8-25-26(13-20)33(44)39(32(25)43)28-9-10-29(40)36-30(28)41/h3-8,13,23-24,28H,9-12,14-18H2,1-2H3,(H,36,40,41). The molecule has 0 spiro atoms. The van der Waals surface area contributed by atoms with Gasteiger partial charge in [-0.05, 0) is 79.0 Å². The monoisotopic (exact) mass is 614 g/mol. The molecule has 4 fully saturated rings. The smallest absolute Gasteiger partial charge is 0.262 e. The number of nitrogens with zero attached hydrogens (tertiary/aromatic N) is 3. The van der Waals surface area contributed by atoms with Gasteiger partial charge in [0.15, 0.2) is 0 Å². The van der Waals surface area contributed by atoms with E-state index in [1.807, 2.05) is 17.0 Å². The van der Waals surface area contributed by atoms with E-state index in [2.05, 4.69) is 36.2 Å². The van der Waals surface area contributed by atoms with Crippen molar-refractivity contribution in [2.24, 2.45) is 5.41 Å². The average molecular weight is 615 g/mol. The highest BCUT2D eigenvalue weighted by molar-refractivity contribution is 6.30. The van der Waals surface area contributed by atoms with Crippen molar-refractivity contribution in [2.75, 3.05) is 19.6 Å². The molecular formula is C34H35ClN4O5. The van der Waals surface area contributed by atoms with E-state index in [4.69, 9.17) is 11.6 Å². The van der Waals surface area contributed by atoms with Gasteiger partial charge in [0, 0.05) is 48.7 Å². The first-order valence-electron chi connectivity index (χ1n) is 15.4. The molecule has 10 heteroatoms. The number of fused-ring (bicyclic) bond motifs is 3. The van der Waals surface area contributed by atoms with Crippen molar-refractivity contribution >= 4 is 46.7 Å². The Morgan fingerprint density at radius 2 is 1.66 bits per heavy atom. The highest BCUT2D eigenvalue weighted by atomic mass is 35.5. The topological polar surface area (TPSA) is 107 Å². The van der Waals surface area contributed by atoms with Crippen LogP contribution in [0.4, 0.5) is 0 Å². The van der Waals surface area contributed by atoms with Crippen molar-refractivity contribution < 1.29 is 24.0 Å². The van der Waals surface area contributed by atoms with Crippen LogP contribution in [0.2, 0.25) is 5.02 Å². The van der Waals surface area contributed by atoms with Crippen LogP contribution >= 0.6 is 11.6 Å². The molecule has 2 aromatic carbocycles. The molecule has 44 heavy (non-hydrogen) atoms. The van der Waals surface area contributed by atoms with Crippen LogP contribution in [0.5, 0.6) is 0 Å². The quantitative estimate of drug-likeness (QED) is 0.503. The lowest BCUT2D eigenvalue weighted by Gasteiger charge is -2.56. The van der Waals surface area contributed by atoms with Crippen LogP contribution in [0.3, 0.4) is 0 Å². The third kappa shape index (κ3) is 4.96. The second kappa shape index (κ2) is 10.7. The minimum absolute atomic E-state index is 0.0556. The Morgan fingerprint density at radius 1 is 0.955 bits per heavy atom. The number of piperazine rings is 1. The highest BCUT2D eigenvalue weighted by Gasteiger charge is 2.49. The van der Waals surface area contributed by atoms with E-state index in [-0.39, 0.29) is 47.4 Å². The third-order valence-electron chi connectivity index (χ3n) is 9.98. The van der Waals surface area contributed by atoms with Crippen molar-refractivity contribution in [1.82, 2.24) is 20.0 Å². The molecule has 0 aromatic heterocycles. The Balaban J connectivity index is 1.05. The number of piperidine rings is 2. The minimum Gasteiger partial charge on any atom is -0.330 e. The summed E-state index contributed by atoms with van der Waals surface area (Å²) in [7, 11) is 0. The van der Waals surface area contributed by atoms with Gasteiger partial charge >= 0.3 is 0 Å². The third-order valence-corrected chi connectivity index (χ3v) is 10.2. The fraction of sp³-hybridized carbons (Fsp3) is 0.441. The molecule has 5 aliphatic heterocycles. The van der Waals surface area contributed by atoms with Gasteiger partial charge in [-0.25, -0.2) is 0 Å². The summed E-state index contributed by atoms with van der Waals surface area (Å²) in [6.07, 6.45) is 4.31. The van der Waals surface area contributed by atoms with Crippen molar-refractivity contribution in [3.8, 4) is 0 Å². The molecule has 0 radical (unpaired) electrons. The second-order valence-corrected chi connectivity index (χ2v) is 14.0. The first kappa shape index (κ1) is 28.9. The Labute approximate surface area is 261 Å². The summed E-state index contributed by atoms with van der Waals surface area (Å²) in [5.74, 6) is -2.40. The minimum atomic E-state index is -1.04. The van der Waals surface area contributed by atoms with Crippen molar-refractivity contribution in [3.63, 3.8) is 0 Å². The summed E-state index contributed by atoms with van der Waals surface area (Å²) in [5, 5.41) is 2.94. The predicted octanol–water partition coefficient (Wildman–Crippen LogP) is 4.30. The van der Waals surface area contributed by atoms with Crippen LogP contribution in [-0.4, -0.2) is 82.0 Å². The van der Waals surface area contributed by atoms with Crippen molar-refractivity contribution in [2.45, 2.75) is 70.5 Å². The number of amides is 5. The number of nitrogens with one attached hydrogen (secondary N) is 1. The number of hydrogen-bond acceptors (Lipinski definition) is 6. The van der Waals surface area contributed by atoms with Gasteiger partial charge in [0.05, 0.1) is 11.1 Å². The number of imide groups is 2. The Hall–Kier alpha value is -3.82. The maximum atomic E-state index is 13.7. The van der Waals surface area contributed by atoms with Gasteiger partial charge in [-0.2, -0.15) is 0 Å². The fourth-order valence-electron chi connectivity index (χ4n) is 7.64. The van der Waals surface area contributed by atoms with Crippen LogP contribution in [0, 0.1) is 5.41 Å². The summed E-state index contributed by atoms with van der Waals surface area (Å²) in [4.78, 5) is 69.3. The van der Waals surface area contributed by atoms with E-state index in [0.717, 1.165) is 55.2 Å². The van der Waals surface area contributed by atoms with E-state index >= 15 is 0 Å². The highest BCUT2D eigenvalue weighted by Crippen LogP contribution is 2.44. The molecule has 2 bridgehead atoms. The Morgan fingerprint density at radius 3 is 2.36 bits per heavy atom. The molecule has 1 aliphatic carbocycles. The molecule has 8 rings (SSSR count). The Bertz CT molecular complexity index is 1640. The molecule has 9 nitrogen and oxygen atoms in total. The average Bonchev–Trinajstić information content (AvgIpc) is 3.23. The van der Waals surface area contributed by atoms with Crippen LogP contribution in [0.25, 0.3) is 5.57 Å². The van der Waals surface area contributed by atoms with Crippen molar-refractivity contribution in [1.29, 1.82) is 0 Å². The molecule has 0 saturated carbocycles. The molecule has 228 valence electrons. The van der Waals surface area contributed by atoms with E-state index in [1.165, 1.54) is 28.8 Å². The van der Waals surface area contributed by atoms with Crippen LogP contribution in [0.15, 0.2) is 48.0 Å². The molecule has 3 unspecified atom stereocenters. The molecule has 5 amide bonds. The second-order valence-electron chi connectivity index (χ2n) is 13.6. The number of carbonyl (C=O) groups is 5.